The van der Waals surface area contributed by atoms with Crippen LogP contribution in [0.3, 0.4) is 0 Å². The molecule has 0 saturated heterocycles. The van der Waals surface area contributed by atoms with Crippen molar-refractivity contribution in [2.24, 2.45) is 0 Å². The first-order chi connectivity index (χ1) is 10.2. The van der Waals surface area contributed by atoms with Crippen LogP contribution in [-0.4, -0.2) is 24.5 Å². The number of benzene rings is 1. The van der Waals surface area contributed by atoms with E-state index in [2.05, 4.69) is 11.9 Å². The number of methoxy groups -OCH3 is 1. The molecular weight excluding hydrogens is 266 g/mol. The van der Waals surface area contributed by atoms with Gasteiger partial charge in [-0.15, -0.1) is 0 Å². The highest BCUT2D eigenvalue weighted by molar-refractivity contribution is 6.07. The highest BCUT2D eigenvalue weighted by Crippen LogP contribution is 2.16. The molecule has 4 nitrogen and oxygen atoms in total. The second kappa shape index (κ2) is 7.43. The highest BCUT2D eigenvalue weighted by atomic mass is 16.5. The summed E-state index contributed by atoms with van der Waals surface area (Å²) in [5.41, 5.74) is 0.951. The maximum absolute atomic E-state index is 12.3. The van der Waals surface area contributed by atoms with Crippen molar-refractivity contribution in [2.45, 2.75) is 19.8 Å². The zero-order chi connectivity index (χ0) is 15.1. The Labute approximate surface area is 124 Å². The number of rotatable bonds is 7. The predicted molar refractivity (Wildman–Crippen MR) is 81.1 cm³/mol. The van der Waals surface area contributed by atoms with Crippen molar-refractivity contribution in [3.63, 3.8) is 0 Å². The molecule has 0 aliphatic rings. The van der Waals surface area contributed by atoms with Crippen LogP contribution >= 0.6 is 0 Å². The molecule has 0 amide bonds. The summed E-state index contributed by atoms with van der Waals surface area (Å²) in [6.45, 7) is 2.81. The quantitative estimate of drug-likeness (QED) is 0.577. The van der Waals surface area contributed by atoms with Crippen LogP contribution in [0, 0.1) is 0 Å². The molecule has 1 aromatic heterocycles. The van der Waals surface area contributed by atoms with Crippen LogP contribution < -0.4 is 9.47 Å². The van der Waals surface area contributed by atoms with E-state index in [1.54, 1.807) is 30.3 Å². The van der Waals surface area contributed by atoms with Gasteiger partial charge in [-0.3, -0.25) is 4.79 Å². The minimum absolute atomic E-state index is 0.131. The van der Waals surface area contributed by atoms with E-state index in [1.165, 1.54) is 7.11 Å². The summed E-state index contributed by atoms with van der Waals surface area (Å²) in [6.07, 6.45) is 2.12. The molecule has 0 bridgehead atoms. The lowest BCUT2D eigenvalue weighted by Crippen LogP contribution is -2.05. The Morgan fingerprint density at radius 2 is 1.90 bits per heavy atom. The molecule has 0 fully saturated rings. The van der Waals surface area contributed by atoms with E-state index in [-0.39, 0.29) is 5.78 Å². The van der Waals surface area contributed by atoms with Crippen LogP contribution in [0.2, 0.25) is 0 Å². The van der Waals surface area contributed by atoms with Gasteiger partial charge in [-0.05, 0) is 36.8 Å². The van der Waals surface area contributed by atoms with Gasteiger partial charge in [0.1, 0.15) is 11.4 Å². The van der Waals surface area contributed by atoms with Gasteiger partial charge in [0.15, 0.2) is 0 Å². The Kier molecular flexibility index (Phi) is 5.32. The van der Waals surface area contributed by atoms with E-state index in [0.717, 1.165) is 18.6 Å². The summed E-state index contributed by atoms with van der Waals surface area (Å²) in [4.78, 5) is 16.5. The second-order valence-electron chi connectivity index (χ2n) is 4.62. The third-order valence-corrected chi connectivity index (χ3v) is 3.05. The van der Waals surface area contributed by atoms with Gasteiger partial charge in [0, 0.05) is 11.6 Å². The summed E-state index contributed by atoms with van der Waals surface area (Å²) in [5.74, 6) is 1.08. The summed E-state index contributed by atoms with van der Waals surface area (Å²) < 4.78 is 10.6. The van der Waals surface area contributed by atoms with Crippen molar-refractivity contribution in [2.75, 3.05) is 13.7 Å². The van der Waals surface area contributed by atoms with E-state index < -0.39 is 0 Å². The zero-order valence-electron chi connectivity index (χ0n) is 12.3. The molecule has 0 radical (unpaired) electrons. The number of hydrogen-bond acceptors (Lipinski definition) is 4. The minimum Gasteiger partial charge on any atom is -0.494 e. The molecule has 0 N–H and O–H groups in total. The first kappa shape index (κ1) is 15.0. The number of carbonyl (C=O) groups excluding carboxylic acids is 1. The van der Waals surface area contributed by atoms with E-state index in [1.807, 2.05) is 12.1 Å². The summed E-state index contributed by atoms with van der Waals surface area (Å²) in [6, 6.07) is 12.3. The molecule has 0 unspecified atom stereocenters. The standard InChI is InChI=1S/C17H19NO3/c1-3-4-12-21-14-10-8-13(9-11-14)17(19)15-6-5-7-16(18-15)20-2/h5-11H,3-4,12H2,1-2H3. The van der Waals surface area contributed by atoms with Crippen molar-refractivity contribution in [1.82, 2.24) is 4.98 Å². The number of pyridine rings is 1. The number of ketones is 1. The number of nitrogens with zero attached hydrogens (tertiary/aromatic N) is 1. The average molecular weight is 285 g/mol. The Hall–Kier alpha value is -2.36. The van der Waals surface area contributed by atoms with Gasteiger partial charge < -0.3 is 9.47 Å². The molecule has 110 valence electrons. The summed E-state index contributed by atoms with van der Waals surface area (Å²) in [7, 11) is 1.53. The van der Waals surface area contributed by atoms with Gasteiger partial charge >= 0.3 is 0 Å². The Bertz CT molecular complexity index is 593. The molecule has 0 aliphatic carbocycles. The van der Waals surface area contributed by atoms with Gasteiger partial charge in [-0.25, -0.2) is 4.98 Å². The molecule has 2 rings (SSSR count). The van der Waals surface area contributed by atoms with Gasteiger partial charge in [0.2, 0.25) is 11.7 Å². The number of carbonyl (C=O) groups is 1. The smallest absolute Gasteiger partial charge is 0.213 e. The minimum atomic E-state index is -0.131. The fourth-order valence-electron chi connectivity index (χ4n) is 1.84. The normalized spacial score (nSPS) is 10.2. The first-order valence-corrected chi connectivity index (χ1v) is 7.03. The molecule has 0 aliphatic heterocycles. The van der Waals surface area contributed by atoms with Crippen molar-refractivity contribution in [3.05, 3.63) is 53.7 Å². The van der Waals surface area contributed by atoms with E-state index in [4.69, 9.17) is 9.47 Å². The Balaban J connectivity index is 2.08. The van der Waals surface area contributed by atoms with Crippen molar-refractivity contribution >= 4 is 5.78 Å². The molecule has 0 saturated carbocycles. The van der Waals surface area contributed by atoms with Crippen LogP contribution in [0.1, 0.15) is 35.8 Å². The van der Waals surface area contributed by atoms with Crippen molar-refractivity contribution in [3.8, 4) is 11.6 Å². The van der Waals surface area contributed by atoms with Crippen LogP contribution in [-0.2, 0) is 0 Å². The largest absolute Gasteiger partial charge is 0.494 e. The fraction of sp³-hybridized carbons (Fsp3) is 0.294. The Morgan fingerprint density at radius 3 is 2.57 bits per heavy atom. The maximum atomic E-state index is 12.3. The van der Waals surface area contributed by atoms with Gasteiger partial charge in [0.25, 0.3) is 0 Å². The van der Waals surface area contributed by atoms with Crippen LogP contribution in [0.25, 0.3) is 0 Å². The van der Waals surface area contributed by atoms with Crippen molar-refractivity contribution in [1.29, 1.82) is 0 Å². The number of ether oxygens (including phenoxy) is 2. The van der Waals surface area contributed by atoms with Gasteiger partial charge in [-0.1, -0.05) is 19.4 Å². The maximum Gasteiger partial charge on any atom is 0.213 e. The molecular formula is C17H19NO3. The van der Waals surface area contributed by atoms with Gasteiger partial charge in [0.05, 0.1) is 13.7 Å². The lowest BCUT2D eigenvalue weighted by Gasteiger charge is -2.06. The molecule has 4 heteroatoms. The highest BCUT2D eigenvalue weighted by Gasteiger charge is 2.11. The van der Waals surface area contributed by atoms with Gasteiger partial charge in [-0.2, -0.15) is 0 Å². The summed E-state index contributed by atoms with van der Waals surface area (Å²) in [5, 5.41) is 0. The lowest BCUT2D eigenvalue weighted by molar-refractivity contribution is 0.103. The third-order valence-electron chi connectivity index (χ3n) is 3.05. The third kappa shape index (κ3) is 4.05. The molecule has 0 atom stereocenters. The average Bonchev–Trinajstić information content (AvgIpc) is 2.55. The van der Waals surface area contributed by atoms with Crippen LogP contribution in [0.15, 0.2) is 42.5 Å². The number of unbranched alkanes of at least 4 members (excludes halogenated alkanes) is 1. The number of hydrogen-bond donors (Lipinski definition) is 0. The zero-order valence-corrected chi connectivity index (χ0v) is 12.3. The van der Waals surface area contributed by atoms with E-state index in [0.29, 0.717) is 23.7 Å². The predicted octanol–water partition coefficient (Wildman–Crippen LogP) is 3.50. The second-order valence-corrected chi connectivity index (χ2v) is 4.62. The van der Waals surface area contributed by atoms with E-state index >= 15 is 0 Å². The fourth-order valence-corrected chi connectivity index (χ4v) is 1.84. The molecule has 1 heterocycles. The first-order valence-electron chi connectivity index (χ1n) is 7.03. The van der Waals surface area contributed by atoms with Crippen LogP contribution in [0.5, 0.6) is 11.6 Å². The summed E-state index contributed by atoms with van der Waals surface area (Å²) >= 11 is 0. The molecule has 0 spiro atoms. The SMILES string of the molecule is CCCCOc1ccc(C(=O)c2cccc(OC)n2)cc1. The lowest BCUT2D eigenvalue weighted by atomic mass is 10.1. The van der Waals surface area contributed by atoms with E-state index in [9.17, 15) is 4.79 Å². The van der Waals surface area contributed by atoms with Crippen molar-refractivity contribution < 1.29 is 14.3 Å². The monoisotopic (exact) mass is 285 g/mol. The molecule has 1 aromatic carbocycles. The Morgan fingerprint density at radius 1 is 1.14 bits per heavy atom. The molecule has 21 heavy (non-hydrogen) atoms. The topological polar surface area (TPSA) is 48.4 Å². The molecule has 2 aromatic rings. The number of aromatic nitrogens is 1. The van der Waals surface area contributed by atoms with Crippen LogP contribution in [0.4, 0.5) is 0 Å².